The zero-order valence-electron chi connectivity index (χ0n) is 8.19. The summed E-state index contributed by atoms with van der Waals surface area (Å²) in [7, 11) is -1.18. The summed E-state index contributed by atoms with van der Waals surface area (Å²) in [6.45, 7) is 4.44. The van der Waals surface area contributed by atoms with Crippen LogP contribution in [-0.2, 0) is 8.85 Å². The lowest BCUT2D eigenvalue weighted by atomic mass is 10.1. The monoisotopic (exact) mass is 204 g/mol. The number of aliphatic hydroxyl groups excluding tert-OH is 1. The molecule has 3 N–H and O–H groups in total. The van der Waals surface area contributed by atoms with Crippen molar-refractivity contribution in [2.75, 3.05) is 6.54 Å². The van der Waals surface area contributed by atoms with Crippen LogP contribution in [0.15, 0.2) is 0 Å². The SMILES string of the molecule is CC1O[Si](CCCN)OC(C)C1O. The van der Waals surface area contributed by atoms with Crippen molar-refractivity contribution in [3.8, 4) is 0 Å². The molecular weight excluding hydrogens is 186 g/mol. The van der Waals surface area contributed by atoms with Gasteiger partial charge in [-0.2, -0.15) is 0 Å². The summed E-state index contributed by atoms with van der Waals surface area (Å²) in [4.78, 5) is 0. The topological polar surface area (TPSA) is 64.7 Å². The third-order valence-electron chi connectivity index (χ3n) is 2.18. The molecule has 1 fully saturated rings. The van der Waals surface area contributed by atoms with Crippen molar-refractivity contribution in [3.63, 3.8) is 0 Å². The van der Waals surface area contributed by atoms with Gasteiger partial charge < -0.3 is 19.7 Å². The van der Waals surface area contributed by atoms with Crippen molar-refractivity contribution < 1.29 is 14.0 Å². The third-order valence-corrected chi connectivity index (χ3v) is 4.21. The molecule has 0 bridgehead atoms. The van der Waals surface area contributed by atoms with Gasteiger partial charge in [0.2, 0.25) is 0 Å². The van der Waals surface area contributed by atoms with Crippen LogP contribution in [0.2, 0.25) is 6.04 Å². The van der Waals surface area contributed by atoms with E-state index in [0.717, 1.165) is 12.5 Å². The molecule has 0 aromatic rings. The van der Waals surface area contributed by atoms with E-state index in [1.165, 1.54) is 0 Å². The molecule has 0 amide bonds. The zero-order valence-corrected chi connectivity index (χ0v) is 9.19. The molecule has 1 rings (SSSR count). The van der Waals surface area contributed by atoms with Crippen LogP contribution >= 0.6 is 0 Å². The summed E-state index contributed by atoms with van der Waals surface area (Å²) in [6.07, 6.45) is 0.238. The van der Waals surface area contributed by atoms with Gasteiger partial charge in [0.05, 0.1) is 12.2 Å². The second-order valence-electron chi connectivity index (χ2n) is 3.40. The van der Waals surface area contributed by atoms with Crippen molar-refractivity contribution in [1.82, 2.24) is 0 Å². The van der Waals surface area contributed by atoms with Crippen molar-refractivity contribution >= 4 is 9.28 Å². The van der Waals surface area contributed by atoms with Gasteiger partial charge in [-0.25, -0.2) is 0 Å². The average Bonchev–Trinajstić information content (AvgIpc) is 2.10. The molecule has 0 aromatic heterocycles. The van der Waals surface area contributed by atoms with Crippen molar-refractivity contribution in [2.24, 2.45) is 5.73 Å². The minimum absolute atomic E-state index is 0.101. The van der Waals surface area contributed by atoms with Gasteiger partial charge in [-0.15, -0.1) is 0 Å². The Hall–Kier alpha value is 0.0569. The Morgan fingerprint density at radius 2 is 1.85 bits per heavy atom. The smallest absolute Gasteiger partial charge is 0.385 e. The largest absolute Gasteiger partial charge is 0.388 e. The Morgan fingerprint density at radius 3 is 2.31 bits per heavy atom. The summed E-state index contributed by atoms with van der Waals surface area (Å²) in [6, 6.07) is 0.905. The van der Waals surface area contributed by atoms with Crippen LogP contribution in [0, 0.1) is 0 Å². The van der Waals surface area contributed by atoms with Crippen LogP contribution in [0.4, 0.5) is 0 Å². The van der Waals surface area contributed by atoms with Gasteiger partial charge in [0.1, 0.15) is 6.10 Å². The Morgan fingerprint density at radius 1 is 1.31 bits per heavy atom. The van der Waals surface area contributed by atoms with Gasteiger partial charge in [-0.3, -0.25) is 0 Å². The standard InChI is InChI=1S/C8H18NO3Si/c1-6-8(10)7(2)12-13(11-6)5-3-4-9/h6-8,10H,3-5,9H2,1-2H3. The Balaban J connectivity index is 2.35. The molecule has 1 heterocycles. The lowest BCUT2D eigenvalue weighted by Gasteiger charge is -2.35. The lowest BCUT2D eigenvalue weighted by Crippen LogP contribution is -2.49. The number of hydrogen-bond acceptors (Lipinski definition) is 4. The van der Waals surface area contributed by atoms with E-state index in [1.807, 2.05) is 13.8 Å². The predicted octanol–water partition coefficient (Wildman–Crippen LogP) is 0.00810. The molecule has 0 aromatic carbocycles. The molecule has 5 heteroatoms. The maximum atomic E-state index is 9.53. The van der Waals surface area contributed by atoms with Crippen molar-refractivity contribution in [2.45, 2.75) is 44.6 Å². The molecule has 0 saturated carbocycles. The number of nitrogens with two attached hydrogens (primary N) is 1. The van der Waals surface area contributed by atoms with Crippen LogP contribution in [0.25, 0.3) is 0 Å². The second kappa shape index (κ2) is 5.07. The van der Waals surface area contributed by atoms with Gasteiger partial charge >= 0.3 is 9.28 Å². The van der Waals surface area contributed by atoms with Crippen LogP contribution in [-0.4, -0.2) is 39.2 Å². The summed E-state index contributed by atoms with van der Waals surface area (Å²) in [5.74, 6) is 0. The quantitative estimate of drug-likeness (QED) is 0.636. The van der Waals surface area contributed by atoms with Crippen molar-refractivity contribution in [1.29, 1.82) is 0 Å². The average molecular weight is 204 g/mol. The third kappa shape index (κ3) is 3.03. The molecular formula is C8H18NO3Si. The molecule has 1 aliphatic rings. The maximum absolute atomic E-state index is 9.53. The maximum Gasteiger partial charge on any atom is 0.385 e. The van der Waals surface area contributed by atoms with Crippen LogP contribution in [0.3, 0.4) is 0 Å². The Bertz CT molecular complexity index is 146. The minimum Gasteiger partial charge on any atom is -0.388 e. The van der Waals surface area contributed by atoms with E-state index in [-0.39, 0.29) is 12.2 Å². The second-order valence-corrected chi connectivity index (χ2v) is 5.12. The van der Waals surface area contributed by atoms with E-state index in [4.69, 9.17) is 14.6 Å². The van der Waals surface area contributed by atoms with Crippen LogP contribution < -0.4 is 5.73 Å². The first-order chi connectivity index (χ1) is 6.15. The van der Waals surface area contributed by atoms with Crippen molar-refractivity contribution in [3.05, 3.63) is 0 Å². The Labute approximate surface area is 80.9 Å². The first-order valence-electron chi connectivity index (χ1n) is 4.72. The molecule has 13 heavy (non-hydrogen) atoms. The normalized spacial score (nSPS) is 36.5. The molecule has 2 atom stereocenters. The number of hydrogen-bond donors (Lipinski definition) is 2. The van der Waals surface area contributed by atoms with E-state index in [0.29, 0.717) is 6.54 Å². The van der Waals surface area contributed by atoms with Gasteiger partial charge in [-0.1, -0.05) is 0 Å². The summed E-state index contributed by atoms with van der Waals surface area (Å²) < 4.78 is 11.1. The van der Waals surface area contributed by atoms with E-state index < -0.39 is 15.4 Å². The zero-order chi connectivity index (χ0) is 9.84. The first-order valence-corrected chi connectivity index (χ1v) is 6.24. The van der Waals surface area contributed by atoms with Crippen LogP contribution in [0.1, 0.15) is 20.3 Å². The van der Waals surface area contributed by atoms with Gasteiger partial charge in [0.25, 0.3) is 0 Å². The highest BCUT2D eigenvalue weighted by Crippen LogP contribution is 2.19. The first kappa shape index (κ1) is 11.1. The molecule has 1 aliphatic heterocycles. The van der Waals surface area contributed by atoms with E-state index in [2.05, 4.69) is 0 Å². The molecule has 0 spiro atoms. The van der Waals surface area contributed by atoms with E-state index >= 15 is 0 Å². The van der Waals surface area contributed by atoms with E-state index in [1.54, 1.807) is 0 Å². The molecule has 4 nitrogen and oxygen atoms in total. The highest BCUT2D eigenvalue weighted by Gasteiger charge is 2.34. The Kier molecular flexibility index (Phi) is 4.34. The highest BCUT2D eigenvalue weighted by atomic mass is 28.3. The van der Waals surface area contributed by atoms with E-state index in [9.17, 15) is 5.11 Å². The molecule has 1 saturated heterocycles. The summed E-state index contributed by atoms with van der Waals surface area (Å²) in [5.41, 5.74) is 5.40. The summed E-state index contributed by atoms with van der Waals surface area (Å²) in [5, 5.41) is 9.53. The molecule has 1 radical (unpaired) electrons. The fourth-order valence-electron chi connectivity index (χ4n) is 1.33. The fraction of sp³-hybridized carbons (Fsp3) is 1.00. The minimum atomic E-state index is -1.18. The number of rotatable bonds is 3. The molecule has 77 valence electrons. The molecule has 2 unspecified atom stereocenters. The number of aliphatic hydroxyl groups is 1. The van der Waals surface area contributed by atoms with Gasteiger partial charge in [0.15, 0.2) is 0 Å². The highest BCUT2D eigenvalue weighted by molar-refractivity contribution is 6.44. The predicted molar refractivity (Wildman–Crippen MR) is 51.3 cm³/mol. The van der Waals surface area contributed by atoms with Gasteiger partial charge in [-0.05, 0) is 32.9 Å². The fourth-order valence-corrected chi connectivity index (χ4v) is 3.22. The van der Waals surface area contributed by atoms with Crippen LogP contribution in [0.5, 0.6) is 0 Å². The van der Waals surface area contributed by atoms with Gasteiger partial charge in [0, 0.05) is 0 Å². The summed E-state index contributed by atoms with van der Waals surface area (Å²) >= 11 is 0. The lowest BCUT2D eigenvalue weighted by molar-refractivity contribution is -0.0808. The molecule has 0 aliphatic carbocycles.